The number of nitrogens with one attached hydrogen (secondary N) is 2. The first kappa shape index (κ1) is 27.2. The molecule has 12 nitrogen and oxygen atoms in total. The molecule has 188 valence electrons. The van der Waals surface area contributed by atoms with E-state index in [1.807, 2.05) is 4.90 Å². The van der Waals surface area contributed by atoms with Crippen LogP contribution in [0.1, 0.15) is 20.8 Å². The smallest absolute Gasteiger partial charge is 0.302 e. The molecule has 2 aromatic carbocycles. The maximum absolute atomic E-state index is 11.7. The van der Waals surface area contributed by atoms with E-state index in [1.54, 1.807) is 18.2 Å². The molecular weight excluding hydrogens is 482 g/mol. The first-order chi connectivity index (χ1) is 16.6. The van der Waals surface area contributed by atoms with Crippen molar-refractivity contribution in [1.82, 2.24) is 0 Å². The van der Waals surface area contributed by atoms with Crippen molar-refractivity contribution < 1.29 is 29.1 Å². The third-order valence-corrected chi connectivity index (χ3v) is 4.77. The summed E-state index contributed by atoms with van der Waals surface area (Å²) in [5.74, 6) is -1.29. The summed E-state index contributed by atoms with van der Waals surface area (Å²) in [6, 6.07) is 8.99. The molecule has 0 aliphatic rings. The van der Waals surface area contributed by atoms with Gasteiger partial charge in [-0.25, -0.2) is 0 Å². The number of ether oxygens (including phenoxy) is 2. The van der Waals surface area contributed by atoms with E-state index < -0.39 is 22.8 Å². The summed E-state index contributed by atoms with van der Waals surface area (Å²) in [6.07, 6.45) is 0. The van der Waals surface area contributed by atoms with Crippen LogP contribution in [0.4, 0.5) is 28.4 Å². The molecule has 0 amide bonds. The van der Waals surface area contributed by atoms with E-state index in [1.165, 1.54) is 39.0 Å². The molecular formula is C22H25ClN5O7-. The highest BCUT2D eigenvalue weighted by Crippen LogP contribution is 2.32. The molecule has 0 saturated carbocycles. The van der Waals surface area contributed by atoms with E-state index >= 15 is 0 Å². The van der Waals surface area contributed by atoms with Crippen LogP contribution in [0.25, 0.3) is 0 Å². The van der Waals surface area contributed by atoms with Crippen LogP contribution in [0.15, 0.2) is 41.4 Å². The van der Waals surface area contributed by atoms with E-state index in [9.17, 15) is 24.8 Å². The number of carbonyl (C=O) groups excluding carboxylic acids is 2. The predicted molar refractivity (Wildman–Crippen MR) is 130 cm³/mol. The number of hydrazine groups is 1. The van der Waals surface area contributed by atoms with Gasteiger partial charge in [-0.2, -0.15) is 0 Å². The van der Waals surface area contributed by atoms with Gasteiger partial charge in [0.15, 0.2) is 0 Å². The summed E-state index contributed by atoms with van der Waals surface area (Å²) in [5, 5.41) is 22.8. The van der Waals surface area contributed by atoms with E-state index in [-0.39, 0.29) is 23.9 Å². The number of halogens is 1. The van der Waals surface area contributed by atoms with Gasteiger partial charge >= 0.3 is 11.9 Å². The number of aliphatic imine (C=N–C) groups is 1. The van der Waals surface area contributed by atoms with Gasteiger partial charge in [-0.05, 0) is 37.1 Å². The van der Waals surface area contributed by atoms with Crippen molar-refractivity contribution >= 4 is 57.9 Å². The molecule has 0 aliphatic carbocycles. The molecule has 0 atom stereocenters. The van der Waals surface area contributed by atoms with E-state index in [0.29, 0.717) is 35.8 Å². The summed E-state index contributed by atoms with van der Waals surface area (Å²) in [5.41, 5.74) is 7.34. The quantitative estimate of drug-likeness (QED) is 0.144. The molecule has 2 aromatic rings. The lowest BCUT2D eigenvalue weighted by Gasteiger charge is -2.25. The maximum atomic E-state index is 11.7. The highest BCUT2D eigenvalue weighted by molar-refractivity contribution is 6.33. The van der Waals surface area contributed by atoms with Gasteiger partial charge in [0.1, 0.15) is 13.2 Å². The lowest BCUT2D eigenvalue weighted by atomic mass is 10.2. The number of rotatable bonds is 12. The van der Waals surface area contributed by atoms with E-state index in [2.05, 4.69) is 15.8 Å². The molecule has 0 unspecified atom stereocenters. The van der Waals surface area contributed by atoms with Crippen LogP contribution in [0.3, 0.4) is 0 Å². The molecule has 0 aliphatic heterocycles. The second-order valence-corrected chi connectivity index (χ2v) is 7.58. The van der Waals surface area contributed by atoms with Crippen LogP contribution in [0.5, 0.6) is 0 Å². The van der Waals surface area contributed by atoms with Crippen molar-refractivity contribution in [3.8, 4) is 0 Å². The molecule has 0 aromatic heterocycles. The lowest BCUT2D eigenvalue weighted by molar-refractivity contribution is -0.384. The third-order valence-electron chi connectivity index (χ3n) is 4.45. The van der Waals surface area contributed by atoms with Gasteiger partial charge < -0.3 is 19.5 Å². The molecule has 0 radical (unpaired) electrons. The largest absolute Gasteiger partial charge is 0.862 e. The summed E-state index contributed by atoms with van der Waals surface area (Å²) < 4.78 is 10.0. The Labute approximate surface area is 206 Å². The van der Waals surface area contributed by atoms with Crippen LogP contribution in [-0.2, 0) is 19.1 Å². The van der Waals surface area contributed by atoms with Gasteiger partial charge in [0.2, 0.25) is 0 Å². The van der Waals surface area contributed by atoms with Crippen molar-refractivity contribution in [2.75, 3.05) is 42.1 Å². The Morgan fingerprint density at radius 3 is 2.09 bits per heavy atom. The van der Waals surface area contributed by atoms with Gasteiger partial charge in [0, 0.05) is 31.7 Å². The zero-order valence-electron chi connectivity index (χ0n) is 19.4. The van der Waals surface area contributed by atoms with Gasteiger partial charge in [0.05, 0.1) is 40.1 Å². The predicted octanol–water partition coefficient (Wildman–Crippen LogP) is 3.03. The molecule has 0 spiro atoms. The van der Waals surface area contributed by atoms with Crippen molar-refractivity contribution in [2.45, 2.75) is 20.8 Å². The average molecular weight is 507 g/mol. The number of hydrogen-bond acceptors (Lipinski definition) is 11. The Morgan fingerprint density at radius 2 is 1.57 bits per heavy atom. The molecule has 0 fully saturated rings. The molecule has 2 rings (SSSR count). The fourth-order valence-corrected chi connectivity index (χ4v) is 3.13. The molecule has 35 heavy (non-hydrogen) atoms. The third kappa shape index (κ3) is 9.01. The number of nitro benzene ring substituents is 1. The zero-order chi connectivity index (χ0) is 26.0. The Hall–Kier alpha value is -4.06. The molecule has 13 heteroatoms. The van der Waals surface area contributed by atoms with E-state index in [4.69, 9.17) is 21.1 Å². The number of nitro groups is 1. The number of benzene rings is 2. The summed E-state index contributed by atoms with van der Waals surface area (Å²) >= 11 is 6.11. The maximum Gasteiger partial charge on any atom is 0.302 e. The number of non-ortho nitro benzene ring substituents is 1. The van der Waals surface area contributed by atoms with Crippen LogP contribution >= 0.6 is 11.6 Å². The van der Waals surface area contributed by atoms with Crippen LogP contribution in [0, 0.1) is 10.1 Å². The zero-order valence-corrected chi connectivity index (χ0v) is 20.1. The van der Waals surface area contributed by atoms with Gasteiger partial charge in [-0.3, -0.25) is 35.5 Å². The number of nitrogens with zero attached hydrogens (tertiary/aromatic N) is 3. The first-order valence-electron chi connectivity index (χ1n) is 10.4. The standard InChI is InChI=1S/C22H26ClN5O7/c1-14(29)24-22-13-17(27(8-10-34-15(2)30)9-11-35-16(3)31)4-7-21(22)26-25-20-6-5-18(28(32)33)12-19(20)23/h4-7,12-13,25-26H,8-11H2,1-3H3,(H,24,29)/p-1. The van der Waals surface area contributed by atoms with Crippen molar-refractivity contribution in [1.29, 1.82) is 0 Å². The second kappa shape index (κ2) is 13.0. The second-order valence-electron chi connectivity index (χ2n) is 7.17. The summed E-state index contributed by atoms with van der Waals surface area (Å²) in [6.45, 7) is 4.74. The summed E-state index contributed by atoms with van der Waals surface area (Å²) in [7, 11) is 0. The Morgan fingerprint density at radius 1 is 1.00 bits per heavy atom. The first-order valence-corrected chi connectivity index (χ1v) is 10.8. The Kier molecular flexibility index (Phi) is 10.1. The van der Waals surface area contributed by atoms with E-state index in [0.717, 1.165) is 0 Å². The van der Waals surface area contributed by atoms with Crippen molar-refractivity contribution in [2.24, 2.45) is 4.99 Å². The Balaban J connectivity index is 2.26. The minimum atomic E-state index is -0.555. The highest BCUT2D eigenvalue weighted by atomic mass is 35.5. The van der Waals surface area contributed by atoms with Gasteiger partial charge in [-0.1, -0.05) is 11.6 Å². The molecule has 0 saturated heterocycles. The van der Waals surface area contributed by atoms with Crippen LogP contribution < -0.4 is 20.9 Å². The summed E-state index contributed by atoms with van der Waals surface area (Å²) in [4.78, 5) is 38.4. The average Bonchev–Trinajstić information content (AvgIpc) is 2.77. The number of hydrogen-bond donors (Lipinski definition) is 2. The van der Waals surface area contributed by atoms with Gasteiger partial charge in [0.25, 0.3) is 5.69 Å². The number of carbonyl (C=O) groups is 2. The fourth-order valence-electron chi connectivity index (χ4n) is 2.91. The van der Waals surface area contributed by atoms with Crippen molar-refractivity contribution in [3.63, 3.8) is 0 Å². The SMILES string of the molecule is CC(=O)OCCN(CCOC(C)=O)c1ccc(NNc2ccc([N+](=O)[O-])cc2Cl)c(N=C(C)[O-])c1. The minimum absolute atomic E-state index is 0.106. The minimum Gasteiger partial charge on any atom is -0.862 e. The van der Waals surface area contributed by atoms with Crippen LogP contribution in [-0.4, -0.2) is 49.1 Å². The topological polar surface area (TPSA) is 158 Å². The normalized spacial score (nSPS) is 10.9. The lowest BCUT2D eigenvalue weighted by Crippen LogP contribution is -2.31. The van der Waals surface area contributed by atoms with Crippen LogP contribution in [0.2, 0.25) is 5.02 Å². The molecule has 2 N–H and O–H groups in total. The number of esters is 2. The monoisotopic (exact) mass is 506 g/mol. The molecule has 0 bridgehead atoms. The van der Waals surface area contributed by atoms with Gasteiger partial charge in [-0.15, -0.1) is 0 Å². The fraction of sp³-hybridized carbons (Fsp3) is 0.318. The Bertz CT molecular complexity index is 1090. The van der Waals surface area contributed by atoms with Crippen molar-refractivity contribution in [3.05, 3.63) is 51.5 Å². The highest BCUT2D eigenvalue weighted by Gasteiger charge is 2.13. The molecule has 0 heterocycles. The number of anilines is 3.